The molecule has 1 fully saturated rings. The smallest absolute Gasteiger partial charge is 0.229 e. The van der Waals surface area contributed by atoms with Crippen molar-refractivity contribution in [2.45, 2.75) is 44.1 Å². The Kier molecular flexibility index (Phi) is 7.09. The molecule has 1 aromatic rings. The van der Waals surface area contributed by atoms with Gasteiger partial charge in [0.2, 0.25) is 12.2 Å². The van der Waals surface area contributed by atoms with Crippen LogP contribution in [0.5, 0.6) is 5.75 Å². The van der Waals surface area contributed by atoms with Gasteiger partial charge in [-0.15, -0.1) is 0 Å². The maximum Gasteiger partial charge on any atom is 0.229 e. The van der Waals surface area contributed by atoms with Crippen LogP contribution >= 0.6 is 8.38 Å². The van der Waals surface area contributed by atoms with Crippen molar-refractivity contribution in [2.24, 2.45) is 0 Å². The second-order valence-corrected chi connectivity index (χ2v) is 6.91. The molecule has 0 spiro atoms. The maximum absolute atomic E-state index is 11.0. The van der Waals surface area contributed by atoms with Crippen LogP contribution in [0.25, 0.3) is 0 Å². The highest BCUT2D eigenvalue weighted by atomic mass is 31.2. The first-order chi connectivity index (χ1) is 11.8. The molecule has 1 heterocycles. The molecular formula is C15H22NO8P. The summed E-state index contributed by atoms with van der Waals surface area (Å²) in [6, 6.07) is 6.29. The Balaban J connectivity index is 2.02. The molecule has 1 aliphatic heterocycles. The average molecular weight is 375 g/mol. The third-order valence-corrected chi connectivity index (χ3v) is 4.37. The number of hydrogen-bond acceptors (Lipinski definition) is 8. The van der Waals surface area contributed by atoms with Crippen molar-refractivity contribution in [2.75, 3.05) is 11.5 Å². The number of carbonyl (C=O) groups is 1. The standard InChI is InChI=1S/C15H22NO8P/c1-8(17)16-9-2-4-10(5-3-9)23-15-14(20)13(19)12(18)11(24-15)6-7-25(21)22/h2-5,11-15,18-22H,6-7H2,1H3,(H,16,17)/t11?,12-,13?,14?,15+/m1/s1. The number of nitrogens with one attached hydrogen (secondary N) is 1. The van der Waals surface area contributed by atoms with E-state index < -0.39 is 39.1 Å². The van der Waals surface area contributed by atoms with Gasteiger partial charge in [-0.3, -0.25) is 4.79 Å². The van der Waals surface area contributed by atoms with Gasteiger partial charge in [0.05, 0.1) is 6.10 Å². The largest absolute Gasteiger partial charge is 0.462 e. The molecule has 0 bridgehead atoms. The lowest BCUT2D eigenvalue weighted by molar-refractivity contribution is -0.272. The zero-order valence-electron chi connectivity index (χ0n) is 13.5. The van der Waals surface area contributed by atoms with Gasteiger partial charge in [-0.25, -0.2) is 0 Å². The third-order valence-electron chi connectivity index (χ3n) is 3.71. The molecule has 0 aliphatic carbocycles. The van der Waals surface area contributed by atoms with Gasteiger partial charge in [-0.05, 0) is 30.7 Å². The molecule has 1 saturated heterocycles. The van der Waals surface area contributed by atoms with Crippen molar-refractivity contribution >= 4 is 20.0 Å². The van der Waals surface area contributed by atoms with Crippen molar-refractivity contribution in [1.82, 2.24) is 0 Å². The van der Waals surface area contributed by atoms with E-state index >= 15 is 0 Å². The van der Waals surface area contributed by atoms with Gasteiger partial charge in [-0.1, -0.05) is 0 Å². The van der Waals surface area contributed by atoms with Crippen LogP contribution in [0.3, 0.4) is 0 Å². The molecule has 1 amide bonds. The average Bonchev–Trinajstić information content (AvgIpc) is 2.55. The van der Waals surface area contributed by atoms with E-state index in [0.29, 0.717) is 11.4 Å². The molecule has 1 aromatic carbocycles. The molecule has 5 atom stereocenters. The number of rotatable bonds is 6. The number of carbonyl (C=O) groups excluding carboxylic acids is 1. The van der Waals surface area contributed by atoms with Gasteiger partial charge in [0, 0.05) is 18.8 Å². The lowest BCUT2D eigenvalue weighted by atomic mass is 9.97. The van der Waals surface area contributed by atoms with Crippen molar-refractivity contribution in [3.05, 3.63) is 24.3 Å². The van der Waals surface area contributed by atoms with Gasteiger partial charge in [0.25, 0.3) is 0 Å². The van der Waals surface area contributed by atoms with Crippen LogP contribution in [0.15, 0.2) is 24.3 Å². The lowest BCUT2D eigenvalue weighted by Crippen LogP contribution is -2.59. The SMILES string of the molecule is CC(=O)Nc1ccc(O[C@H]2OC(CCP(O)O)[C@@H](O)C(O)C2O)cc1. The Hall–Kier alpha value is -1.32. The van der Waals surface area contributed by atoms with Crippen LogP contribution < -0.4 is 10.1 Å². The van der Waals surface area contributed by atoms with Gasteiger partial charge >= 0.3 is 0 Å². The van der Waals surface area contributed by atoms with Crippen molar-refractivity contribution in [3.63, 3.8) is 0 Å². The van der Waals surface area contributed by atoms with E-state index in [1.54, 1.807) is 24.3 Å². The van der Waals surface area contributed by atoms with Crippen molar-refractivity contribution in [3.8, 4) is 5.75 Å². The predicted molar refractivity (Wildman–Crippen MR) is 88.9 cm³/mol. The van der Waals surface area contributed by atoms with E-state index in [2.05, 4.69) is 5.32 Å². The Morgan fingerprint density at radius 2 is 1.80 bits per heavy atom. The van der Waals surface area contributed by atoms with Crippen LogP contribution in [-0.4, -0.2) is 67.9 Å². The first-order valence-electron chi connectivity index (χ1n) is 7.67. The monoisotopic (exact) mass is 375 g/mol. The normalized spacial score (nSPS) is 29.5. The summed E-state index contributed by atoms with van der Waals surface area (Å²) >= 11 is 0. The fourth-order valence-corrected chi connectivity index (χ4v) is 2.93. The summed E-state index contributed by atoms with van der Waals surface area (Å²) in [5, 5.41) is 32.5. The first kappa shape index (κ1) is 20.0. The quantitative estimate of drug-likeness (QED) is 0.365. The van der Waals surface area contributed by atoms with Crippen molar-refractivity contribution in [1.29, 1.82) is 0 Å². The van der Waals surface area contributed by atoms with E-state index in [1.807, 2.05) is 0 Å². The summed E-state index contributed by atoms with van der Waals surface area (Å²) in [6.07, 6.45) is -6.41. The summed E-state index contributed by atoms with van der Waals surface area (Å²) < 4.78 is 11.0. The molecule has 2 rings (SSSR count). The Morgan fingerprint density at radius 3 is 2.36 bits per heavy atom. The highest BCUT2D eigenvalue weighted by molar-refractivity contribution is 7.45. The molecule has 3 unspecified atom stereocenters. The summed E-state index contributed by atoms with van der Waals surface area (Å²) in [5.41, 5.74) is 0.567. The summed E-state index contributed by atoms with van der Waals surface area (Å²) in [7, 11) is -2.15. The first-order valence-corrected chi connectivity index (χ1v) is 9.10. The second-order valence-electron chi connectivity index (χ2n) is 5.72. The molecule has 25 heavy (non-hydrogen) atoms. The van der Waals surface area contributed by atoms with E-state index in [4.69, 9.17) is 19.3 Å². The molecule has 9 nitrogen and oxygen atoms in total. The fraction of sp³-hybridized carbons (Fsp3) is 0.533. The third kappa shape index (κ3) is 5.58. The topological polar surface area (TPSA) is 149 Å². The number of hydrogen-bond donors (Lipinski definition) is 6. The summed E-state index contributed by atoms with van der Waals surface area (Å²) in [4.78, 5) is 29.0. The molecule has 0 saturated carbocycles. The molecule has 0 aromatic heterocycles. The zero-order chi connectivity index (χ0) is 18.6. The molecule has 140 valence electrons. The summed E-state index contributed by atoms with van der Waals surface area (Å²) in [5.74, 6) is 0.111. The van der Waals surface area contributed by atoms with E-state index in [1.165, 1.54) is 6.92 Å². The lowest BCUT2D eigenvalue weighted by Gasteiger charge is -2.40. The van der Waals surface area contributed by atoms with E-state index in [0.717, 1.165) is 0 Å². The van der Waals surface area contributed by atoms with Crippen LogP contribution in [-0.2, 0) is 9.53 Å². The molecular weight excluding hydrogens is 353 g/mol. The number of aliphatic hydroxyl groups excluding tert-OH is 3. The van der Waals surface area contributed by atoms with Gasteiger partial charge < -0.3 is 39.9 Å². The van der Waals surface area contributed by atoms with Gasteiger partial charge in [0.1, 0.15) is 24.1 Å². The molecule has 10 heteroatoms. The molecule has 1 aliphatic rings. The molecule has 6 N–H and O–H groups in total. The van der Waals surface area contributed by atoms with Crippen LogP contribution in [0.2, 0.25) is 0 Å². The minimum atomic E-state index is -2.15. The number of aliphatic hydroxyl groups is 3. The minimum Gasteiger partial charge on any atom is -0.462 e. The number of benzene rings is 1. The van der Waals surface area contributed by atoms with E-state index in [9.17, 15) is 20.1 Å². The number of amides is 1. The second kappa shape index (κ2) is 8.86. The zero-order valence-corrected chi connectivity index (χ0v) is 14.4. The highest BCUT2D eigenvalue weighted by Gasteiger charge is 2.44. The minimum absolute atomic E-state index is 0.00198. The Bertz CT molecular complexity index is 569. The fourth-order valence-electron chi connectivity index (χ4n) is 2.45. The Labute approximate surface area is 145 Å². The van der Waals surface area contributed by atoms with E-state index in [-0.39, 0.29) is 18.5 Å². The van der Waals surface area contributed by atoms with Gasteiger partial charge in [-0.2, -0.15) is 0 Å². The van der Waals surface area contributed by atoms with Crippen LogP contribution in [0.4, 0.5) is 5.69 Å². The van der Waals surface area contributed by atoms with Crippen LogP contribution in [0.1, 0.15) is 13.3 Å². The maximum atomic E-state index is 11.0. The number of ether oxygens (including phenoxy) is 2. The van der Waals surface area contributed by atoms with Crippen molar-refractivity contribution < 1.29 is 39.4 Å². The predicted octanol–water partition coefficient (Wildman–Crippen LogP) is -0.482. The highest BCUT2D eigenvalue weighted by Crippen LogP contribution is 2.30. The summed E-state index contributed by atoms with van der Waals surface area (Å²) in [6.45, 7) is 1.38. The van der Waals surface area contributed by atoms with Gasteiger partial charge in [0.15, 0.2) is 8.38 Å². The Morgan fingerprint density at radius 1 is 1.16 bits per heavy atom. The molecule has 0 radical (unpaired) electrons. The van der Waals surface area contributed by atoms with Crippen LogP contribution in [0, 0.1) is 0 Å². The number of anilines is 1.